The molecule has 1 aromatic rings. The number of rotatable bonds is 2. The van der Waals surface area contributed by atoms with Gasteiger partial charge in [0.15, 0.2) is 0 Å². The average Bonchev–Trinajstić information content (AvgIpc) is 2.37. The van der Waals surface area contributed by atoms with E-state index in [1.54, 1.807) is 24.0 Å². The first-order valence-electron chi connectivity index (χ1n) is 6.97. The van der Waals surface area contributed by atoms with Gasteiger partial charge >= 0.3 is 0 Å². The van der Waals surface area contributed by atoms with Crippen molar-refractivity contribution in [2.24, 2.45) is 0 Å². The summed E-state index contributed by atoms with van der Waals surface area (Å²) in [4.78, 5) is 18.6. The number of carbonyl (C=O) groups excluding carboxylic acids is 1. The Kier molecular flexibility index (Phi) is 4.70. The predicted octanol–water partition coefficient (Wildman–Crippen LogP) is 2.57. The van der Waals surface area contributed by atoms with Gasteiger partial charge < -0.3 is 10.0 Å². The van der Waals surface area contributed by atoms with Crippen LogP contribution in [0.4, 0.5) is 0 Å². The van der Waals surface area contributed by atoms with Crippen LogP contribution < -0.4 is 0 Å². The molecule has 0 radical (unpaired) electrons. The van der Waals surface area contributed by atoms with Crippen LogP contribution in [0.2, 0.25) is 0 Å². The molecule has 1 aliphatic heterocycles. The minimum absolute atomic E-state index is 0.0371. The molecule has 0 bridgehead atoms. The van der Waals surface area contributed by atoms with Crippen molar-refractivity contribution in [3.8, 4) is 0 Å². The van der Waals surface area contributed by atoms with E-state index in [4.69, 9.17) is 0 Å². The van der Waals surface area contributed by atoms with E-state index in [0.29, 0.717) is 31.5 Å². The first-order chi connectivity index (χ1) is 9.35. The van der Waals surface area contributed by atoms with Crippen LogP contribution in [0.1, 0.15) is 44.0 Å². The van der Waals surface area contributed by atoms with Crippen LogP contribution in [0.5, 0.6) is 0 Å². The highest BCUT2D eigenvalue weighted by Gasteiger charge is 2.23. The number of aliphatic hydroxyl groups is 1. The molecule has 1 saturated heterocycles. The number of hydrogen-bond acceptors (Lipinski definition) is 4. The maximum Gasteiger partial charge on any atom is 0.254 e. The lowest BCUT2D eigenvalue weighted by Crippen LogP contribution is -2.40. The lowest BCUT2D eigenvalue weighted by Gasteiger charge is -2.29. The van der Waals surface area contributed by atoms with Crippen molar-refractivity contribution in [2.45, 2.75) is 49.5 Å². The number of piperidine rings is 1. The fourth-order valence-electron chi connectivity index (χ4n) is 2.16. The van der Waals surface area contributed by atoms with Gasteiger partial charge in [-0.2, -0.15) is 0 Å². The quantitative estimate of drug-likeness (QED) is 0.852. The lowest BCUT2D eigenvalue weighted by molar-refractivity contribution is 0.0546. The maximum atomic E-state index is 12.4. The highest BCUT2D eigenvalue weighted by atomic mass is 32.2. The number of aliphatic hydroxyl groups excluding tert-OH is 1. The molecule has 2 heterocycles. The number of nitrogens with zero attached hydrogens (tertiary/aromatic N) is 2. The number of likely N-dealkylation sites (tertiary alicyclic amines) is 1. The molecule has 110 valence electrons. The lowest BCUT2D eigenvalue weighted by atomic mass is 10.1. The number of carbonyl (C=O) groups is 1. The third-order valence-electron chi connectivity index (χ3n) is 3.14. The van der Waals surface area contributed by atoms with Crippen LogP contribution >= 0.6 is 11.8 Å². The number of thioether (sulfide) groups is 1. The molecule has 1 amide bonds. The van der Waals surface area contributed by atoms with Gasteiger partial charge in [0.1, 0.15) is 0 Å². The Labute approximate surface area is 124 Å². The van der Waals surface area contributed by atoms with Crippen molar-refractivity contribution in [1.82, 2.24) is 9.88 Å². The molecule has 0 saturated carbocycles. The zero-order chi connectivity index (χ0) is 14.8. The normalized spacial score (nSPS) is 17.3. The molecule has 0 aromatic carbocycles. The molecule has 2 rings (SSSR count). The third-order valence-corrected chi connectivity index (χ3v) is 4.19. The second kappa shape index (κ2) is 6.14. The third kappa shape index (κ3) is 4.21. The van der Waals surface area contributed by atoms with E-state index in [9.17, 15) is 9.90 Å². The second-order valence-corrected chi connectivity index (χ2v) is 7.97. The molecule has 0 unspecified atom stereocenters. The summed E-state index contributed by atoms with van der Waals surface area (Å²) < 4.78 is 0.0733. The van der Waals surface area contributed by atoms with E-state index >= 15 is 0 Å². The molecule has 0 atom stereocenters. The Hall–Kier alpha value is -1.07. The van der Waals surface area contributed by atoms with E-state index < -0.39 is 0 Å². The van der Waals surface area contributed by atoms with Crippen molar-refractivity contribution >= 4 is 17.7 Å². The Morgan fingerprint density at radius 3 is 2.65 bits per heavy atom. The van der Waals surface area contributed by atoms with Crippen LogP contribution in [-0.2, 0) is 0 Å². The van der Waals surface area contributed by atoms with Gasteiger partial charge in [-0.3, -0.25) is 4.79 Å². The highest BCUT2D eigenvalue weighted by Crippen LogP contribution is 2.30. The Morgan fingerprint density at radius 2 is 2.05 bits per heavy atom. The van der Waals surface area contributed by atoms with Gasteiger partial charge in [0, 0.05) is 29.6 Å². The Bertz CT molecular complexity index is 477. The van der Waals surface area contributed by atoms with E-state index in [1.807, 2.05) is 11.0 Å². The van der Waals surface area contributed by atoms with Gasteiger partial charge in [0.25, 0.3) is 5.91 Å². The summed E-state index contributed by atoms with van der Waals surface area (Å²) in [5, 5.41) is 10.4. The molecule has 20 heavy (non-hydrogen) atoms. The van der Waals surface area contributed by atoms with Crippen LogP contribution in [0.15, 0.2) is 23.4 Å². The molecule has 0 spiro atoms. The highest BCUT2D eigenvalue weighted by molar-refractivity contribution is 8.00. The Balaban J connectivity index is 2.08. The van der Waals surface area contributed by atoms with Gasteiger partial charge in [-0.05, 0) is 25.0 Å². The molecule has 1 fully saturated rings. The van der Waals surface area contributed by atoms with Crippen LogP contribution in [0.25, 0.3) is 0 Å². The standard InChI is InChI=1S/C15H22N2O2S/c1-15(2,3)20-13-10-11(4-7-16-13)14(19)17-8-5-12(18)6-9-17/h4,7,10,12,18H,5-6,8-9H2,1-3H3. The predicted molar refractivity (Wildman–Crippen MR) is 81.0 cm³/mol. The van der Waals surface area contributed by atoms with E-state index in [0.717, 1.165) is 5.03 Å². The SMILES string of the molecule is CC(C)(C)Sc1cc(C(=O)N2CCC(O)CC2)ccn1. The summed E-state index contributed by atoms with van der Waals surface area (Å²) in [5.41, 5.74) is 0.683. The van der Waals surface area contributed by atoms with Crippen molar-refractivity contribution in [2.75, 3.05) is 13.1 Å². The van der Waals surface area contributed by atoms with Gasteiger partial charge in [0.05, 0.1) is 11.1 Å². The number of hydrogen-bond donors (Lipinski definition) is 1. The van der Waals surface area contributed by atoms with Crippen molar-refractivity contribution in [3.05, 3.63) is 23.9 Å². The summed E-state index contributed by atoms with van der Waals surface area (Å²) in [6.07, 6.45) is 2.77. The van der Waals surface area contributed by atoms with Gasteiger partial charge in [0.2, 0.25) is 0 Å². The zero-order valence-electron chi connectivity index (χ0n) is 12.3. The molecule has 1 aromatic heterocycles. The molecule has 1 N–H and O–H groups in total. The second-order valence-electron chi connectivity index (χ2n) is 6.12. The van der Waals surface area contributed by atoms with E-state index in [2.05, 4.69) is 25.8 Å². The van der Waals surface area contributed by atoms with Gasteiger partial charge in [-0.1, -0.05) is 20.8 Å². The molecular weight excluding hydrogens is 272 g/mol. The van der Waals surface area contributed by atoms with Crippen LogP contribution in [-0.4, -0.2) is 44.8 Å². The minimum Gasteiger partial charge on any atom is -0.393 e. The largest absolute Gasteiger partial charge is 0.393 e. The zero-order valence-corrected chi connectivity index (χ0v) is 13.1. The number of pyridine rings is 1. The minimum atomic E-state index is -0.261. The van der Waals surface area contributed by atoms with Gasteiger partial charge in [-0.15, -0.1) is 11.8 Å². The van der Waals surface area contributed by atoms with Gasteiger partial charge in [-0.25, -0.2) is 4.98 Å². The smallest absolute Gasteiger partial charge is 0.254 e. The molecule has 4 nitrogen and oxygen atoms in total. The molecule has 5 heteroatoms. The summed E-state index contributed by atoms with van der Waals surface area (Å²) in [6.45, 7) is 7.63. The van der Waals surface area contributed by atoms with Crippen molar-refractivity contribution < 1.29 is 9.90 Å². The fourth-order valence-corrected chi connectivity index (χ4v) is 3.09. The van der Waals surface area contributed by atoms with E-state index in [-0.39, 0.29) is 16.8 Å². The Morgan fingerprint density at radius 1 is 1.40 bits per heavy atom. The molecule has 1 aliphatic rings. The van der Waals surface area contributed by atoms with E-state index in [1.165, 1.54) is 0 Å². The monoisotopic (exact) mass is 294 g/mol. The summed E-state index contributed by atoms with van der Waals surface area (Å²) in [5.74, 6) is 0.0371. The summed E-state index contributed by atoms with van der Waals surface area (Å²) >= 11 is 1.66. The van der Waals surface area contributed by atoms with Crippen molar-refractivity contribution in [3.63, 3.8) is 0 Å². The number of amides is 1. The number of aromatic nitrogens is 1. The first-order valence-corrected chi connectivity index (χ1v) is 7.79. The topological polar surface area (TPSA) is 53.4 Å². The average molecular weight is 294 g/mol. The summed E-state index contributed by atoms with van der Waals surface area (Å²) in [7, 11) is 0. The molecule has 0 aliphatic carbocycles. The maximum absolute atomic E-state index is 12.4. The molecular formula is C15H22N2O2S. The van der Waals surface area contributed by atoms with Crippen LogP contribution in [0.3, 0.4) is 0 Å². The fraction of sp³-hybridized carbons (Fsp3) is 0.600. The summed E-state index contributed by atoms with van der Waals surface area (Å²) in [6, 6.07) is 3.63. The van der Waals surface area contributed by atoms with Crippen LogP contribution in [0, 0.1) is 0 Å². The van der Waals surface area contributed by atoms with Crippen molar-refractivity contribution in [1.29, 1.82) is 0 Å². The first kappa shape index (κ1) is 15.3.